The van der Waals surface area contributed by atoms with Crippen LogP contribution in [0.5, 0.6) is 0 Å². The zero-order valence-corrected chi connectivity index (χ0v) is 13.8. The predicted octanol–water partition coefficient (Wildman–Crippen LogP) is 2.47. The number of benzene rings is 1. The molecule has 6 heteroatoms. The highest BCUT2D eigenvalue weighted by Gasteiger charge is 2.59. The van der Waals surface area contributed by atoms with Crippen molar-refractivity contribution in [2.45, 2.75) is 19.3 Å². The van der Waals surface area contributed by atoms with Gasteiger partial charge in [-0.2, -0.15) is 0 Å². The van der Waals surface area contributed by atoms with Crippen molar-refractivity contribution >= 4 is 11.9 Å². The first-order chi connectivity index (χ1) is 12.1. The molecule has 1 atom stereocenters. The second-order valence-electron chi connectivity index (χ2n) is 6.90. The van der Waals surface area contributed by atoms with E-state index in [0.717, 1.165) is 24.8 Å². The molecule has 1 amide bonds. The van der Waals surface area contributed by atoms with E-state index in [9.17, 15) is 14.7 Å². The monoisotopic (exact) mass is 337 g/mol. The maximum atomic E-state index is 13.0. The third-order valence-electron chi connectivity index (χ3n) is 5.52. The van der Waals surface area contributed by atoms with Gasteiger partial charge in [-0.1, -0.05) is 30.3 Å². The lowest BCUT2D eigenvalue weighted by molar-refractivity contribution is -0.139. The average molecular weight is 337 g/mol. The van der Waals surface area contributed by atoms with Crippen molar-refractivity contribution in [2.24, 2.45) is 11.3 Å². The Morgan fingerprint density at radius 2 is 1.88 bits per heavy atom. The molecule has 2 fully saturated rings. The van der Waals surface area contributed by atoms with Gasteiger partial charge >= 0.3 is 5.97 Å². The fraction of sp³-hybridized carbons (Fsp3) is 0.368. The number of carbonyl (C=O) groups excluding carboxylic acids is 1. The molecule has 6 nitrogen and oxygen atoms in total. The van der Waals surface area contributed by atoms with Crippen LogP contribution in [0.25, 0.3) is 11.3 Å². The van der Waals surface area contributed by atoms with Crippen molar-refractivity contribution in [1.29, 1.82) is 0 Å². The van der Waals surface area contributed by atoms with E-state index < -0.39 is 5.97 Å². The zero-order chi connectivity index (χ0) is 17.4. The SMILES string of the molecule is O=C(O)C1CC12CCN(C(=O)c1cncnc1-c1ccccc1)CC2. The van der Waals surface area contributed by atoms with Crippen LogP contribution in [0, 0.1) is 11.3 Å². The average Bonchev–Trinajstić information content (AvgIpc) is 3.36. The summed E-state index contributed by atoms with van der Waals surface area (Å²) in [4.78, 5) is 34.3. The lowest BCUT2D eigenvalue weighted by atomic mass is 9.90. The van der Waals surface area contributed by atoms with Crippen molar-refractivity contribution < 1.29 is 14.7 Å². The van der Waals surface area contributed by atoms with Gasteiger partial charge in [-0.05, 0) is 24.7 Å². The Balaban J connectivity index is 1.53. The Morgan fingerprint density at radius 1 is 1.16 bits per heavy atom. The largest absolute Gasteiger partial charge is 0.481 e. The summed E-state index contributed by atoms with van der Waals surface area (Å²) >= 11 is 0. The predicted molar refractivity (Wildman–Crippen MR) is 90.8 cm³/mol. The summed E-state index contributed by atoms with van der Waals surface area (Å²) in [5.74, 6) is -1.02. The first kappa shape index (κ1) is 15.7. The van der Waals surface area contributed by atoms with Crippen molar-refractivity contribution in [2.75, 3.05) is 13.1 Å². The quantitative estimate of drug-likeness (QED) is 0.930. The number of aliphatic carboxylic acids is 1. The molecular formula is C19H19N3O3. The van der Waals surface area contributed by atoms with Gasteiger partial charge in [0.05, 0.1) is 17.2 Å². The van der Waals surface area contributed by atoms with Gasteiger partial charge in [0.15, 0.2) is 0 Å². The van der Waals surface area contributed by atoms with Crippen LogP contribution in [0.1, 0.15) is 29.6 Å². The van der Waals surface area contributed by atoms with E-state index in [0.29, 0.717) is 24.3 Å². The number of carbonyl (C=O) groups is 2. The van der Waals surface area contributed by atoms with E-state index >= 15 is 0 Å². The minimum atomic E-state index is -0.706. The van der Waals surface area contributed by atoms with Crippen LogP contribution in [-0.2, 0) is 4.79 Å². The summed E-state index contributed by atoms with van der Waals surface area (Å²) < 4.78 is 0. The number of aromatic nitrogens is 2. The van der Waals surface area contributed by atoms with E-state index in [4.69, 9.17) is 0 Å². The molecule has 1 aliphatic heterocycles. The smallest absolute Gasteiger partial charge is 0.307 e. The molecule has 2 heterocycles. The number of hydrogen-bond acceptors (Lipinski definition) is 4. The van der Waals surface area contributed by atoms with Crippen molar-refractivity contribution in [1.82, 2.24) is 14.9 Å². The second kappa shape index (κ2) is 5.95. The summed E-state index contributed by atoms with van der Waals surface area (Å²) in [6.45, 7) is 1.18. The highest BCUT2D eigenvalue weighted by Crippen LogP contribution is 2.59. The van der Waals surface area contributed by atoms with Crippen LogP contribution in [0.2, 0.25) is 0 Å². The molecule has 128 valence electrons. The molecular weight excluding hydrogens is 318 g/mol. The van der Waals surface area contributed by atoms with Gasteiger partial charge in [0.2, 0.25) is 0 Å². The molecule has 1 unspecified atom stereocenters. The number of amides is 1. The van der Waals surface area contributed by atoms with E-state index in [-0.39, 0.29) is 17.2 Å². The van der Waals surface area contributed by atoms with Crippen molar-refractivity contribution in [3.05, 3.63) is 48.4 Å². The minimum absolute atomic E-state index is 0.0816. The number of piperidine rings is 1. The summed E-state index contributed by atoms with van der Waals surface area (Å²) in [7, 11) is 0. The lowest BCUT2D eigenvalue weighted by Gasteiger charge is -2.32. The topological polar surface area (TPSA) is 83.4 Å². The fourth-order valence-corrected chi connectivity index (χ4v) is 3.89. The van der Waals surface area contributed by atoms with Crippen LogP contribution in [0.4, 0.5) is 0 Å². The maximum Gasteiger partial charge on any atom is 0.307 e. The zero-order valence-electron chi connectivity index (χ0n) is 13.8. The maximum absolute atomic E-state index is 13.0. The molecule has 1 aromatic carbocycles. The standard InChI is InChI=1S/C19H19N3O3/c23-17(22-8-6-19(7-9-22)10-15(19)18(24)25)14-11-20-12-21-16(14)13-4-2-1-3-5-13/h1-5,11-12,15H,6-10H2,(H,24,25). The summed E-state index contributed by atoms with van der Waals surface area (Å²) in [6.07, 6.45) is 5.27. The Kier molecular flexibility index (Phi) is 3.75. The fourth-order valence-electron chi connectivity index (χ4n) is 3.89. The Labute approximate surface area is 145 Å². The van der Waals surface area contributed by atoms with Crippen LogP contribution < -0.4 is 0 Å². The highest BCUT2D eigenvalue weighted by molar-refractivity contribution is 5.99. The molecule has 25 heavy (non-hydrogen) atoms. The van der Waals surface area contributed by atoms with Crippen LogP contribution >= 0.6 is 0 Å². The number of rotatable bonds is 3. The van der Waals surface area contributed by atoms with Crippen LogP contribution in [0.15, 0.2) is 42.9 Å². The summed E-state index contributed by atoms with van der Waals surface area (Å²) in [5, 5.41) is 9.19. The lowest BCUT2D eigenvalue weighted by Crippen LogP contribution is -2.40. The van der Waals surface area contributed by atoms with E-state index in [1.54, 1.807) is 11.1 Å². The Hall–Kier alpha value is -2.76. The van der Waals surface area contributed by atoms with Gasteiger partial charge < -0.3 is 10.0 Å². The van der Waals surface area contributed by atoms with Crippen molar-refractivity contribution in [3.63, 3.8) is 0 Å². The molecule has 1 aliphatic carbocycles. The Morgan fingerprint density at radius 3 is 2.52 bits per heavy atom. The number of nitrogens with zero attached hydrogens (tertiary/aromatic N) is 3. The number of likely N-dealkylation sites (tertiary alicyclic amines) is 1. The van der Waals surface area contributed by atoms with E-state index in [2.05, 4.69) is 9.97 Å². The summed E-state index contributed by atoms with van der Waals surface area (Å²) in [5.41, 5.74) is 1.93. The van der Waals surface area contributed by atoms with Gasteiger partial charge in [0.1, 0.15) is 6.33 Å². The molecule has 1 aromatic heterocycles. The molecule has 4 rings (SSSR count). The molecule has 0 bridgehead atoms. The number of carboxylic acids is 1. The molecule has 1 saturated heterocycles. The van der Waals surface area contributed by atoms with Gasteiger partial charge in [-0.3, -0.25) is 9.59 Å². The van der Waals surface area contributed by atoms with Gasteiger partial charge in [0, 0.05) is 24.8 Å². The third-order valence-corrected chi connectivity index (χ3v) is 5.52. The van der Waals surface area contributed by atoms with Crippen LogP contribution in [0.3, 0.4) is 0 Å². The van der Waals surface area contributed by atoms with Crippen LogP contribution in [-0.4, -0.2) is 44.9 Å². The van der Waals surface area contributed by atoms with E-state index in [1.807, 2.05) is 30.3 Å². The molecule has 0 radical (unpaired) electrons. The van der Waals surface area contributed by atoms with Gasteiger partial charge in [-0.15, -0.1) is 0 Å². The number of carboxylic acid groups (broad SMARTS) is 1. The minimum Gasteiger partial charge on any atom is -0.481 e. The van der Waals surface area contributed by atoms with Gasteiger partial charge in [0.25, 0.3) is 5.91 Å². The second-order valence-corrected chi connectivity index (χ2v) is 6.90. The third kappa shape index (κ3) is 2.77. The van der Waals surface area contributed by atoms with Gasteiger partial charge in [-0.25, -0.2) is 9.97 Å². The highest BCUT2D eigenvalue weighted by atomic mass is 16.4. The molecule has 2 aromatic rings. The molecule has 2 aliphatic rings. The Bertz CT molecular complexity index is 814. The normalized spacial score (nSPS) is 21.1. The molecule has 1 N–H and O–H groups in total. The first-order valence-corrected chi connectivity index (χ1v) is 8.48. The van der Waals surface area contributed by atoms with Crippen molar-refractivity contribution in [3.8, 4) is 11.3 Å². The van der Waals surface area contributed by atoms with E-state index in [1.165, 1.54) is 6.33 Å². The molecule has 1 saturated carbocycles. The molecule has 1 spiro atoms. The number of hydrogen-bond donors (Lipinski definition) is 1. The first-order valence-electron chi connectivity index (χ1n) is 8.48. The summed E-state index contributed by atoms with van der Waals surface area (Å²) in [6, 6.07) is 9.59.